The van der Waals surface area contributed by atoms with E-state index < -0.39 is 10.0 Å². The van der Waals surface area contributed by atoms with Crippen LogP contribution in [0.25, 0.3) is 0 Å². The van der Waals surface area contributed by atoms with E-state index in [1.807, 2.05) is 13.8 Å². The first-order valence-corrected chi connectivity index (χ1v) is 8.20. The maximum Gasteiger partial charge on any atom is 0.212 e. The first-order valence-electron chi connectivity index (χ1n) is 6.55. The van der Waals surface area contributed by atoms with E-state index in [-0.39, 0.29) is 24.3 Å². The van der Waals surface area contributed by atoms with E-state index in [2.05, 4.69) is 4.72 Å². The zero-order chi connectivity index (χ0) is 12.9. The highest BCUT2D eigenvalue weighted by atomic mass is 32.2. The van der Waals surface area contributed by atoms with Gasteiger partial charge < -0.3 is 5.11 Å². The third-order valence-corrected chi connectivity index (χ3v) is 5.08. The Balaban J connectivity index is 2.49. The van der Waals surface area contributed by atoms with E-state index in [1.54, 1.807) is 0 Å². The molecule has 1 aliphatic carbocycles. The summed E-state index contributed by atoms with van der Waals surface area (Å²) >= 11 is 0. The average molecular weight is 263 g/mol. The number of aliphatic hydroxyl groups is 1. The normalized spacial score (nSPS) is 20.7. The van der Waals surface area contributed by atoms with Crippen molar-refractivity contribution in [3.8, 4) is 0 Å². The van der Waals surface area contributed by atoms with E-state index in [9.17, 15) is 8.42 Å². The van der Waals surface area contributed by atoms with Crippen molar-refractivity contribution < 1.29 is 13.5 Å². The third-order valence-electron chi connectivity index (χ3n) is 3.51. The van der Waals surface area contributed by atoms with Crippen LogP contribution in [-0.2, 0) is 10.0 Å². The average Bonchev–Trinajstić information content (AvgIpc) is 2.26. The van der Waals surface area contributed by atoms with E-state index >= 15 is 0 Å². The molecule has 0 unspecified atom stereocenters. The molecule has 1 aliphatic rings. The predicted molar refractivity (Wildman–Crippen MR) is 69.2 cm³/mol. The molecule has 5 heteroatoms. The van der Waals surface area contributed by atoms with Gasteiger partial charge in [-0.3, -0.25) is 0 Å². The summed E-state index contributed by atoms with van der Waals surface area (Å²) in [5, 5.41) is 9.14. The fourth-order valence-corrected chi connectivity index (χ4v) is 4.19. The molecule has 0 saturated heterocycles. The molecule has 1 atom stereocenters. The minimum absolute atomic E-state index is 0.112. The maximum absolute atomic E-state index is 12.0. The van der Waals surface area contributed by atoms with Gasteiger partial charge in [0.05, 0.1) is 12.4 Å². The quantitative estimate of drug-likeness (QED) is 0.763. The van der Waals surface area contributed by atoms with Crippen LogP contribution in [0, 0.1) is 11.8 Å². The first-order chi connectivity index (χ1) is 7.94. The first kappa shape index (κ1) is 14.9. The lowest BCUT2D eigenvalue weighted by Gasteiger charge is -2.24. The molecule has 0 radical (unpaired) electrons. The number of nitrogens with one attached hydrogen (secondary N) is 1. The fraction of sp³-hybridized carbons (Fsp3) is 1.00. The SMILES string of the molecule is CC(C)[C@@H](CO)NS(=O)(=O)CC1CCCCC1. The molecule has 1 fully saturated rings. The summed E-state index contributed by atoms with van der Waals surface area (Å²) in [6.45, 7) is 3.68. The smallest absolute Gasteiger partial charge is 0.212 e. The van der Waals surface area contributed by atoms with Crippen LogP contribution in [0.5, 0.6) is 0 Å². The molecule has 0 aliphatic heterocycles. The molecule has 0 spiro atoms. The molecule has 1 rings (SSSR count). The second-order valence-corrected chi connectivity index (χ2v) is 7.23. The van der Waals surface area contributed by atoms with Crippen molar-refractivity contribution in [2.75, 3.05) is 12.4 Å². The van der Waals surface area contributed by atoms with E-state index in [0.29, 0.717) is 5.92 Å². The van der Waals surface area contributed by atoms with Gasteiger partial charge in [0.2, 0.25) is 10.0 Å². The highest BCUT2D eigenvalue weighted by Gasteiger charge is 2.24. The maximum atomic E-state index is 12.0. The Bertz CT molecular complexity index is 308. The van der Waals surface area contributed by atoms with E-state index in [0.717, 1.165) is 25.7 Å². The molecule has 0 bridgehead atoms. The number of sulfonamides is 1. The Morgan fingerprint density at radius 2 is 1.82 bits per heavy atom. The van der Waals surface area contributed by atoms with Crippen molar-refractivity contribution in [2.45, 2.75) is 52.0 Å². The lowest BCUT2D eigenvalue weighted by atomic mass is 9.91. The van der Waals surface area contributed by atoms with Crippen LogP contribution in [0.4, 0.5) is 0 Å². The van der Waals surface area contributed by atoms with Crippen LogP contribution in [0.15, 0.2) is 0 Å². The third kappa shape index (κ3) is 5.36. The Hall–Kier alpha value is -0.130. The van der Waals surface area contributed by atoms with Gasteiger partial charge in [-0.05, 0) is 24.7 Å². The van der Waals surface area contributed by atoms with Gasteiger partial charge in [-0.15, -0.1) is 0 Å². The zero-order valence-corrected chi connectivity index (χ0v) is 11.7. The van der Waals surface area contributed by atoms with Crippen molar-refractivity contribution in [1.82, 2.24) is 4.72 Å². The van der Waals surface area contributed by atoms with Gasteiger partial charge in [-0.25, -0.2) is 13.1 Å². The lowest BCUT2D eigenvalue weighted by molar-refractivity contribution is 0.227. The lowest BCUT2D eigenvalue weighted by Crippen LogP contribution is -2.43. The van der Waals surface area contributed by atoms with E-state index in [4.69, 9.17) is 5.11 Å². The Morgan fingerprint density at radius 1 is 1.24 bits per heavy atom. The summed E-state index contributed by atoms with van der Waals surface area (Å²) < 4.78 is 26.5. The monoisotopic (exact) mass is 263 g/mol. The van der Waals surface area contributed by atoms with Gasteiger partial charge in [0, 0.05) is 6.04 Å². The summed E-state index contributed by atoms with van der Waals surface area (Å²) in [5.41, 5.74) is 0. The molecule has 0 aromatic heterocycles. The summed E-state index contributed by atoms with van der Waals surface area (Å²) in [7, 11) is -3.25. The molecular formula is C12H25NO3S. The van der Waals surface area contributed by atoms with Crippen LogP contribution in [0.1, 0.15) is 46.0 Å². The molecule has 1 saturated carbocycles. The topological polar surface area (TPSA) is 66.4 Å². The Labute approximate surface area is 105 Å². The van der Waals surface area contributed by atoms with Gasteiger partial charge in [0.1, 0.15) is 0 Å². The largest absolute Gasteiger partial charge is 0.395 e. The second kappa shape index (κ2) is 6.71. The Kier molecular flexibility index (Phi) is 5.89. The number of rotatable bonds is 6. The van der Waals surface area contributed by atoms with Gasteiger partial charge >= 0.3 is 0 Å². The molecule has 0 amide bonds. The van der Waals surface area contributed by atoms with Gasteiger partial charge in [0.15, 0.2) is 0 Å². The molecule has 0 aromatic rings. The van der Waals surface area contributed by atoms with Crippen molar-refractivity contribution in [3.63, 3.8) is 0 Å². The predicted octanol–water partition coefficient (Wildman–Crippen LogP) is 1.50. The summed E-state index contributed by atoms with van der Waals surface area (Å²) in [6.07, 6.45) is 5.57. The Morgan fingerprint density at radius 3 is 2.29 bits per heavy atom. The van der Waals surface area contributed by atoms with Gasteiger partial charge in [-0.2, -0.15) is 0 Å². The standard InChI is InChI=1S/C12H25NO3S/c1-10(2)12(8-14)13-17(15,16)9-11-6-4-3-5-7-11/h10-14H,3-9H2,1-2H3/t12-/m1/s1. The highest BCUT2D eigenvalue weighted by molar-refractivity contribution is 7.89. The highest BCUT2D eigenvalue weighted by Crippen LogP contribution is 2.24. The van der Waals surface area contributed by atoms with Crippen molar-refractivity contribution in [3.05, 3.63) is 0 Å². The number of hydrogen-bond acceptors (Lipinski definition) is 3. The minimum atomic E-state index is -3.25. The fourth-order valence-electron chi connectivity index (χ4n) is 2.33. The zero-order valence-electron chi connectivity index (χ0n) is 10.9. The summed E-state index contributed by atoms with van der Waals surface area (Å²) in [4.78, 5) is 0. The molecule has 17 heavy (non-hydrogen) atoms. The molecule has 0 aromatic carbocycles. The van der Waals surface area contributed by atoms with Crippen molar-refractivity contribution >= 4 is 10.0 Å². The van der Waals surface area contributed by atoms with Crippen LogP contribution in [-0.4, -0.2) is 31.9 Å². The second-order valence-electron chi connectivity index (χ2n) is 5.44. The summed E-state index contributed by atoms with van der Waals surface area (Å²) in [6, 6.07) is -0.358. The van der Waals surface area contributed by atoms with Crippen LogP contribution in [0.2, 0.25) is 0 Å². The van der Waals surface area contributed by atoms with Crippen molar-refractivity contribution in [2.24, 2.45) is 11.8 Å². The minimum Gasteiger partial charge on any atom is -0.395 e. The van der Waals surface area contributed by atoms with Crippen LogP contribution in [0.3, 0.4) is 0 Å². The van der Waals surface area contributed by atoms with Gasteiger partial charge in [-0.1, -0.05) is 33.1 Å². The number of hydrogen-bond donors (Lipinski definition) is 2. The van der Waals surface area contributed by atoms with Crippen LogP contribution >= 0.6 is 0 Å². The van der Waals surface area contributed by atoms with E-state index in [1.165, 1.54) is 6.42 Å². The molecule has 0 heterocycles. The molecule has 2 N–H and O–H groups in total. The van der Waals surface area contributed by atoms with Gasteiger partial charge in [0.25, 0.3) is 0 Å². The van der Waals surface area contributed by atoms with Crippen molar-refractivity contribution in [1.29, 1.82) is 0 Å². The molecule has 102 valence electrons. The van der Waals surface area contributed by atoms with Crippen LogP contribution < -0.4 is 4.72 Å². The molecular weight excluding hydrogens is 238 g/mol. The number of aliphatic hydroxyl groups excluding tert-OH is 1. The summed E-state index contributed by atoms with van der Waals surface area (Å²) in [5.74, 6) is 0.629. The molecule has 4 nitrogen and oxygen atoms in total.